The van der Waals surface area contributed by atoms with Gasteiger partial charge in [0.1, 0.15) is 13.2 Å². The Bertz CT molecular complexity index is 1030. The summed E-state index contributed by atoms with van der Waals surface area (Å²) >= 11 is 0. The van der Waals surface area contributed by atoms with Gasteiger partial charge in [-0.3, -0.25) is 0 Å². The predicted molar refractivity (Wildman–Crippen MR) is 116 cm³/mol. The molecule has 2 rings (SSSR count). The third-order valence-electron chi connectivity index (χ3n) is 7.60. The third-order valence-corrected chi connectivity index (χ3v) is 7.60. The molecule has 0 amide bonds. The first kappa shape index (κ1) is 38.4. The number of hydrogen-bond donors (Lipinski definition) is 2. The zero-order valence-corrected chi connectivity index (χ0v) is 22.2. The number of nitrogens with two attached hydrogens (primary N) is 2. The maximum atomic E-state index is 14.2. The van der Waals surface area contributed by atoms with E-state index in [1.54, 1.807) is 6.07 Å². The zero-order valence-electron chi connectivity index (χ0n) is 22.2. The van der Waals surface area contributed by atoms with Gasteiger partial charge in [0.2, 0.25) is 0 Å². The Morgan fingerprint density at radius 2 is 0.932 bits per heavy atom. The highest BCUT2D eigenvalue weighted by atomic mass is 19.4. The van der Waals surface area contributed by atoms with Crippen LogP contribution >= 0.6 is 0 Å². The number of nitrogens with zero attached hydrogens (tertiary/aromatic N) is 1. The van der Waals surface area contributed by atoms with Crippen molar-refractivity contribution in [2.45, 2.75) is 117 Å². The lowest BCUT2D eigenvalue weighted by molar-refractivity contribution is -0.455. The summed E-state index contributed by atoms with van der Waals surface area (Å²) in [5, 5.41) is 8.74. The molecular formula is C23H27F16N3O2. The topological polar surface area (TPSA) is 94.3 Å². The lowest BCUT2D eigenvalue weighted by Gasteiger charge is -2.44. The zero-order chi connectivity index (χ0) is 34.4. The van der Waals surface area contributed by atoms with Gasteiger partial charge in [0.05, 0.1) is 18.3 Å². The number of nitriles is 1. The molecule has 0 aromatic carbocycles. The number of hydrogen-bond acceptors (Lipinski definition) is 5. The summed E-state index contributed by atoms with van der Waals surface area (Å²) in [6, 6.07) is -0.121. The average molecular weight is 681 g/mol. The van der Waals surface area contributed by atoms with Crippen LogP contribution in [0.3, 0.4) is 0 Å². The third kappa shape index (κ3) is 6.41. The van der Waals surface area contributed by atoms with E-state index in [-0.39, 0.29) is 44.9 Å². The van der Waals surface area contributed by atoms with Crippen molar-refractivity contribution in [2.24, 2.45) is 17.4 Å². The maximum Gasteiger partial charge on any atom is 0.385 e. The molecule has 0 bridgehead atoms. The first-order chi connectivity index (χ1) is 19.6. The van der Waals surface area contributed by atoms with E-state index in [2.05, 4.69) is 9.47 Å². The molecule has 0 spiro atoms. The molecule has 0 aromatic heterocycles. The van der Waals surface area contributed by atoms with E-state index in [0.717, 1.165) is 0 Å². The van der Waals surface area contributed by atoms with Crippen molar-refractivity contribution >= 4 is 0 Å². The van der Waals surface area contributed by atoms with Gasteiger partial charge in [0.15, 0.2) is 0 Å². The predicted octanol–water partition coefficient (Wildman–Crippen LogP) is 6.39. The molecule has 0 radical (unpaired) electrons. The largest absolute Gasteiger partial charge is 0.385 e. The van der Waals surface area contributed by atoms with E-state index < -0.39 is 90.8 Å². The molecule has 258 valence electrons. The molecule has 5 nitrogen and oxygen atoms in total. The average Bonchev–Trinajstić information content (AvgIpc) is 2.90. The molecule has 0 heterocycles. The van der Waals surface area contributed by atoms with Crippen LogP contribution in [0, 0.1) is 17.2 Å². The van der Waals surface area contributed by atoms with Gasteiger partial charge in [-0.25, -0.2) is 0 Å². The fraction of sp³-hybridized carbons (Fsp3) is 0.957. The van der Waals surface area contributed by atoms with Crippen LogP contribution < -0.4 is 11.5 Å². The molecule has 0 aliphatic heterocycles. The summed E-state index contributed by atoms with van der Waals surface area (Å²) < 4.78 is 235. The van der Waals surface area contributed by atoms with Crippen molar-refractivity contribution < 1.29 is 79.7 Å². The van der Waals surface area contributed by atoms with E-state index >= 15 is 0 Å². The SMILES string of the molecule is N#CC1CCC(OCC(F)(F)C(F)(F)C(F)(F)C(F)(F)C(F)(F)C(F)(F)C(F)(F)C(F)(F)COC2CCC(N)CC2N)CC1. The second kappa shape index (κ2) is 12.4. The van der Waals surface area contributed by atoms with Crippen LogP contribution in [-0.4, -0.2) is 84.9 Å². The second-order valence-electron chi connectivity index (χ2n) is 10.9. The van der Waals surface area contributed by atoms with Crippen molar-refractivity contribution in [2.75, 3.05) is 13.2 Å². The number of rotatable bonds is 13. The van der Waals surface area contributed by atoms with Crippen molar-refractivity contribution in [3.05, 3.63) is 0 Å². The van der Waals surface area contributed by atoms with Gasteiger partial charge in [-0.05, 0) is 44.9 Å². The van der Waals surface area contributed by atoms with Gasteiger partial charge in [0, 0.05) is 18.0 Å². The highest BCUT2D eigenvalue weighted by molar-refractivity contribution is 5.16. The van der Waals surface area contributed by atoms with E-state index in [0.29, 0.717) is 0 Å². The van der Waals surface area contributed by atoms with E-state index in [1.165, 1.54) is 0 Å². The minimum Gasteiger partial charge on any atom is -0.372 e. The first-order valence-corrected chi connectivity index (χ1v) is 12.8. The lowest BCUT2D eigenvalue weighted by atomic mass is 9.87. The van der Waals surface area contributed by atoms with Crippen molar-refractivity contribution in [3.8, 4) is 6.07 Å². The Balaban J connectivity index is 2.31. The Hall–Kier alpha value is -1.79. The molecule has 2 aliphatic carbocycles. The monoisotopic (exact) mass is 681 g/mol. The number of ether oxygens (including phenoxy) is 2. The van der Waals surface area contributed by atoms with Crippen molar-refractivity contribution in [1.29, 1.82) is 5.26 Å². The molecular weight excluding hydrogens is 654 g/mol. The molecule has 4 N–H and O–H groups in total. The fourth-order valence-corrected chi connectivity index (χ4v) is 4.64. The molecule has 21 heteroatoms. The van der Waals surface area contributed by atoms with E-state index in [9.17, 15) is 70.2 Å². The molecule has 3 atom stereocenters. The molecule has 2 saturated carbocycles. The summed E-state index contributed by atoms with van der Waals surface area (Å²) in [7, 11) is 0. The van der Waals surface area contributed by atoms with E-state index in [1.807, 2.05) is 0 Å². The second-order valence-corrected chi connectivity index (χ2v) is 10.9. The number of alkyl halides is 16. The van der Waals surface area contributed by atoms with Gasteiger partial charge in [0.25, 0.3) is 0 Å². The highest BCUT2D eigenvalue weighted by Crippen LogP contribution is 2.64. The highest BCUT2D eigenvalue weighted by Gasteiger charge is 2.94. The molecule has 0 saturated heterocycles. The van der Waals surface area contributed by atoms with Crippen LogP contribution in [0.25, 0.3) is 0 Å². The van der Waals surface area contributed by atoms with Crippen molar-refractivity contribution in [1.82, 2.24) is 0 Å². The lowest BCUT2D eigenvalue weighted by Crippen LogP contribution is -2.75. The molecule has 44 heavy (non-hydrogen) atoms. The molecule has 2 fully saturated rings. The summed E-state index contributed by atoms with van der Waals surface area (Å²) in [6.45, 7) is -5.78. The first-order valence-electron chi connectivity index (χ1n) is 12.8. The smallest absolute Gasteiger partial charge is 0.372 e. The van der Waals surface area contributed by atoms with Crippen LogP contribution in [0.4, 0.5) is 70.2 Å². The Morgan fingerprint density at radius 1 is 0.545 bits per heavy atom. The number of halogens is 16. The quantitative estimate of drug-likeness (QED) is 0.220. The van der Waals surface area contributed by atoms with Crippen LogP contribution in [0.5, 0.6) is 0 Å². The summed E-state index contributed by atoms with van der Waals surface area (Å²) in [5.74, 6) is -62.7. The van der Waals surface area contributed by atoms with Crippen LogP contribution in [0.2, 0.25) is 0 Å². The van der Waals surface area contributed by atoms with Crippen LogP contribution in [-0.2, 0) is 9.47 Å². The molecule has 2 aliphatic rings. The summed E-state index contributed by atoms with van der Waals surface area (Å²) in [5.41, 5.74) is 11.0. The molecule has 3 unspecified atom stereocenters. The normalized spacial score (nSPS) is 27.2. The Labute approximate surface area is 239 Å². The van der Waals surface area contributed by atoms with Crippen molar-refractivity contribution in [3.63, 3.8) is 0 Å². The van der Waals surface area contributed by atoms with Crippen LogP contribution in [0.15, 0.2) is 0 Å². The summed E-state index contributed by atoms with van der Waals surface area (Å²) in [4.78, 5) is 0. The minimum atomic E-state index is -8.51. The van der Waals surface area contributed by atoms with Gasteiger partial charge in [-0.1, -0.05) is 0 Å². The standard InChI is InChI=1S/C23H27F16N3O2/c24-16(25,9-43-13-4-1-11(8-40)2-5-13)18(28,29)20(32,33)22(36,37)23(38,39)21(34,35)19(30,31)17(26,27)10-44-15-6-3-12(41)7-14(15)42/h11-15H,1-7,9-10,41-42H2. The van der Waals surface area contributed by atoms with Crippen LogP contribution in [0.1, 0.15) is 44.9 Å². The maximum absolute atomic E-state index is 14.2. The summed E-state index contributed by atoms with van der Waals surface area (Å²) in [6.07, 6.45) is -4.25. The Morgan fingerprint density at radius 3 is 1.32 bits per heavy atom. The van der Waals surface area contributed by atoms with Gasteiger partial charge >= 0.3 is 47.4 Å². The molecule has 0 aromatic rings. The minimum absolute atomic E-state index is 0.0257. The Kier molecular flexibility index (Phi) is 10.8. The van der Waals surface area contributed by atoms with Gasteiger partial charge in [-0.2, -0.15) is 75.5 Å². The van der Waals surface area contributed by atoms with Gasteiger partial charge in [-0.15, -0.1) is 0 Å². The van der Waals surface area contributed by atoms with E-state index in [4.69, 9.17) is 16.7 Å². The van der Waals surface area contributed by atoms with Gasteiger partial charge < -0.3 is 20.9 Å². The fourth-order valence-electron chi connectivity index (χ4n) is 4.64.